The molecule has 0 amide bonds. The van der Waals surface area contributed by atoms with Crippen molar-refractivity contribution >= 4 is 30.6 Å². The Labute approximate surface area is 254 Å². The Morgan fingerprint density at radius 2 is 1.56 bits per heavy atom. The van der Waals surface area contributed by atoms with E-state index < -0.39 is 62.9 Å². The van der Waals surface area contributed by atoms with Gasteiger partial charge in [-0.1, -0.05) is 81.4 Å². The molecule has 3 saturated heterocycles. The summed E-state index contributed by atoms with van der Waals surface area (Å²) < 4.78 is 37.1. The number of hydrogen-bond acceptors (Lipinski definition) is 10. The first kappa shape index (κ1) is 31.8. The molecule has 3 heterocycles. The van der Waals surface area contributed by atoms with Gasteiger partial charge in [0.2, 0.25) is 6.29 Å². The van der Waals surface area contributed by atoms with Crippen LogP contribution in [0.3, 0.4) is 0 Å². The van der Waals surface area contributed by atoms with Crippen LogP contribution in [0.2, 0.25) is 5.04 Å². The molecule has 234 valence electrons. The van der Waals surface area contributed by atoms with Crippen molar-refractivity contribution in [1.29, 1.82) is 0 Å². The molecule has 0 N–H and O–H groups in total. The van der Waals surface area contributed by atoms with E-state index in [4.69, 9.17) is 32.9 Å². The molecule has 0 aromatic heterocycles. The maximum atomic E-state index is 13.0. The SMILES string of the molecule is CCOC(=O)[C@H]1C[C@H](OC(C)=O)ON1[C@@H]1O[C@H](CO[Si](c2ccccc2)(c2ccccc2)C(C)(C)C)[C@H]2OC(C)(C)O[C@H]21. The van der Waals surface area contributed by atoms with Gasteiger partial charge < -0.3 is 28.1 Å². The Morgan fingerprint density at radius 3 is 2.09 bits per heavy atom. The average molecular weight is 614 g/mol. The van der Waals surface area contributed by atoms with Crippen molar-refractivity contribution in [3.8, 4) is 0 Å². The molecule has 0 saturated carbocycles. The van der Waals surface area contributed by atoms with Crippen LogP contribution in [0, 0.1) is 0 Å². The van der Waals surface area contributed by atoms with E-state index >= 15 is 0 Å². The fraction of sp³-hybridized carbons (Fsp3) is 0.562. The number of hydrogen-bond donors (Lipinski definition) is 0. The highest BCUT2D eigenvalue weighted by Crippen LogP contribution is 2.44. The molecule has 2 aromatic rings. The molecule has 10 nitrogen and oxygen atoms in total. The molecular formula is C32H43NO9Si. The van der Waals surface area contributed by atoms with Gasteiger partial charge in [0.25, 0.3) is 8.32 Å². The van der Waals surface area contributed by atoms with E-state index in [2.05, 4.69) is 45.0 Å². The number of fused-ring (bicyclic) bond motifs is 1. The second-order valence-electron chi connectivity index (χ2n) is 12.6. The van der Waals surface area contributed by atoms with Crippen LogP contribution in [0.5, 0.6) is 0 Å². The number of benzene rings is 2. The zero-order valence-electron chi connectivity index (χ0n) is 26.0. The van der Waals surface area contributed by atoms with Gasteiger partial charge in [0, 0.05) is 13.3 Å². The molecule has 0 bridgehead atoms. The first-order valence-electron chi connectivity index (χ1n) is 14.9. The van der Waals surface area contributed by atoms with Crippen LogP contribution in [0.1, 0.15) is 54.9 Å². The van der Waals surface area contributed by atoms with Crippen molar-refractivity contribution in [2.75, 3.05) is 13.2 Å². The van der Waals surface area contributed by atoms with E-state index in [9.17, 15) is 9.59 Å². The molecular weight excluding hydrogens is 570 g/mol. The number of carbonyl (C=O) groups is 2. The molecule has 0 aliphatic carbocycles. The first-order valence-corrected chi connectivity index (χ1v) is 16.8. The van der Waals surface area contributed by atoms with Crippen LogP contribution >= 0.6 is 0 Å². The Kier molecular flexibility index (Phi) is 9.16. The van der Waals surface area contributed by atoms with Crippen LogP contribution in [0.4, 0.5) is 0 Å². The summed E-state index contributed by atoms with van der Waals surface area (Å²) in [5.41, 5.74) is 0. The van der Waals surface area contributed by atoms with Crippen LogP contribution < -0.4 is 10.4 Å². The zero-order valence-corrected chi connectivity index (χ0v) is 27.0. The summed E-state index contributed by atoms with van der Waals surface area (Å²) in [4.78, 5) is 30.7. The van der Waals surface area contributed by atoms with Crippen molar-refractivity contribution < 1.29 is 42.5 Å². The summed E-state index contributed by atoms with van der Waals surface area (Å²) >= 11 is 0. The third-order valence-electron chi connectivity index (χ3n) is 8.08. The Morgan fingerprint density at radius 1 is 0.977 bits per heavy atom. The molecule has 0 radical (unpaired) electrons. The van der Waals surface area contributed by atoms with E-state index in [0.29, 0.717) is 0 Å². The van der Waals surface area contributed by atoms with Crippen molar-refractivity contribution in [1.82, 2.24) is 5.06 Å². The average Bonchev–Trinajstić information content (AvgIpc) is 3.60. The minimum atomic E-state index is -2.87. The van der Waals surface area contributed by atoms with E-state index in [1.165, 1.54) is 12.0 Å². The largest absolute Gasteiger partial charge is 0.465 e. The van der Waals surface area contributed by atoms with Gasteiger partial charge in [-0.2, -0.15) is 0 Å². The van der Waals surface area contributed by atoms with E-state index in [1.807, 2.05) is 50.2 Å². The first-order chi connectivity index (χ1) is 20.4. The molecule has 0 spiro atoms. The number of esters is 2. The molecule has 3 aliphatic rings. The lowest BCUT2D eigenvalue weighted by atomic mass is 10.1. The summed E-state index contributed by atoms with van der Waals surface area (Å²) in [5.74, 6) is -1.91. The van der Waals surface area contributed by atoms with Gasteiger partial charge in [-0.15, -0.1) is 5.06 Å². The topological polar surface area (TPSA) is 102 Å². The lowest BCUT2D eigenvalue weighted by Crippen LogP contribution is -2.67. The van der Waals surface area contributed by atoms with Crippen LogP contribution in [0.25, 0.3) is 0 Å². The van der Waals surface area contributed by atoms with E-state index in [-0.39, 0.29) is 24.7 Å². The van der Waals surface area contributed by atoms with E-state index in [0.717, 1.165) is 10.4 Å². The summed E-state index contributed by atoms with van der Waals surface area (Å²) in [6, 6.07) is 19.9. The second-order valence-corrected chi connectivity index (χ2v) is 16.9. The molecule has 0 unspecified atom stereocenters. The predicted molar refractivity (Wildman–Crippen MR) is 160 cm³/mol. The van der Waals surface area contributed by atoms with Crippen LogP contribution in [-0.4, -0.2) is 81.2 Å². The quantitative estimate of drug-likeness (QED) is 0.309. The number of rotatable bonds is 9. The molecule has 3 fully saturated rings. The van der Waals surface area contributed by atoms with Crippen molar-refractivity contribution in [3.63, 3.8) is 0 Å². The smallest absolute Gasteiger partial charge is 0.326 e. The van der Waals surface area contributed by atoms with Crippen molar-refractivity contribution in [3.05, 3.63) is 60.7 Å². The lowest BCUT2D eigenvalue weighted by Gasteiger charge is -2.43. The monoisotopic (exact) mass is 613 g/mol. The predicted octanol–water partition coefficient (Wildman–Crippen LogP) is 3.27. The highest BCUT2D eigenvalue weighted by atomic mass is 28.4. The Bertz CT molecular complexity index is 1230. The van der Waals surface area contributed by atoms with Crippen molar-refractivity contribution in [2.45, 2.75) is 103 Å². The molecule has 11 heteroatoms. The highest BCUT2D eigenvalue weighted by molar-refractivity contribution is 6.99. The molecule has 43 heavy (non-hydrogen) atoms. The summed E-state index contributed by atoms with van der Waals surface area (Å²) in [7, 11) is -2.87. The Balaban J connectivity index is 1.47. The third kappa shape index (κ3) is 6.30. The van der Waals surface area contributed by atoms with Gasteiger partial charge in [0.1, 0.15) is 24.4 Å². The number of carbonyl (C=O) groups excluding carboxylic acids is 2. The van der Waals surface area contributed by atoms with Crippen LogP contribution in [0.15, 0.2) is 60.7 Å². The highest BCUT2D eigenvalue weighted by Gasteiger charge is 2.61. The third-order valence-corrected chi connectivity index (χ3v) is 13.1. The molecule has 3 aliphatic heterocycles. The number of nitrogens with zero attached hydrogens (tertiary/aromatic N) is 1. The van der Waals surface area contributed by atoms with Crippen LogP contribution in [-0.2, 0) is 42.5 Å². The molecule has 5 rings (SSSR count). The number of hydroxylamine groups is 2. The van der Waals surface area contributed by atoms with Gasteiger partial charge in [0.15, 0.2) is 12.0 Å². The van der Waals surface area contributed by atoms with Crippen molar-refractivity contribution in [2.24, 2.45) is 0 Å². The second kappa shape index (κ2) is 12.4. The maximum Gasteiger partial charge on any atom is 0.326 e. The Hall–Kier alpha value is -2.64. The number of ether oxygens (including phenoxy) is 5. The fourth-order valence-corrected chi connectivity index (χ4v) is 11.0. The minimum absolute atomic E-state index is 0.100. The van der Waals surface area contributed by atoms with Gasteiger partial charge in [0.05, 0.1) is 13.2 Å². The van der Waals surface area contributed by atoms with Gasteiger partial charge in [-0.05, 0) is 36.2 Å². The van der Waals surface area contributed by atoms with E-state index in [1.54, 1.807) is 6.92 Å². The summed E-state index contributed by atoms with van der Waals surface area (Å²) in [5, 5.41) is 3.48. The van der Waals surface area contributed by atoms with Gasteiger partial charge >= 0.3 is 11.9 Å². The maximum absolute atomic E-state index is 13.0. The summed E-state index contributed by atoms with van der Waals surface area (Å²) in [6.07, 6.45) is -3.35. The fourth-order valence-electron chi connectivity index (χ4n) is 6.44. The lowest BCUT2D eigenvalue weighted by molar-refractivity contribution is -0.309. The normalized spacial score (nSPS) is 28.9. The standard InChI is InChI=1S/C32H43NO9Si/c1-8-36-30(35)24-19-26(38-21(2)34)42-33(24)29-28-27(40-32(6,7)41-28)25(39-29)20-37-43(31(3,4)5,22-15-11-9-12-16-22)23-17-13-10-14-18-23/h9-18,24-29H,8,19-20H2,1-7H3/t24-,25-,26-,27-,28-,29-/m1/s1. The minimum Gasteiger partial charge on any atom is -0.465 e. The molecule has 2 aromatic carbocycles. The zero-order chi connectivity index (χ0) is 31.0. The van der Waals surface area contributed by atoms with Gasteiger partial charge in [-0.3, -0.25) is 14.4 Å². The molecule has 6 atom stereocenters. The van der Waals surface area contributed by atoms with Gasteiger partial charge in [-0.25, -0.2) is 0 Å². The summed E-state index contributed by atoms with van der Waals surface area (Å²) in [6.45, 7) is 13.8.